The second-order valence-electron chi connectivity index (χ2n) is 3.65. The van der Waals surface area contributed by atoms with Crippen LogP contribution in [0.15, 0.2) is 5.38 Å². The molecule has 0 aliphatic heterocycles. The molecule has 0 spiro atoms. The van der Waals surface area contributed by atoms with E-state index in [0.29, 0.717) is 11.3 Å². The second kappa shape index (κ2) is 6.32. The van der Waals surface area contributed by atoms with Crippen LogP contribution in [0.2, 0.25) is 0 Å². The van der Waals surface area contributed by atoms with Crippen molar-refractivity contribution < 1.29 is 18.3 Å². The molecule has 0 aliphatic carbocycles. The Bertz CT molecular complexity index is 341. The van der Waals surface area contributed by atoms with E-state index in [0.717, 1.165) is 19.4 Å². The smallest absolute Gasteiger partial charge is 0.385 e. The Hall–Kier alpha value is -0.660. The van der Waals surface area contributed by atoms with E-state index < -0.39 is 17.3 Å². The average Bonchev–Trinajstić information content (AvgIpc) is 2.72. The highest BCUT2D eigenvalue weighted by molar-refractivity contribution is 7.09. The lowest BCUT2D eigenvalue weighted by Crippen LogP contribution is -2.22. The monoisotopic (exact) mass is 268 g/mol. The molecule has 98 valence electrons. The van der Waals surface area contributed by atoms with Gasteiger partial charge in [0.25, 0.3) is 0 Å². The van der Waals surface area contributed by atoms with Crippen LogP contribution in [0.5, 0.6) is 0 Å². The summed E-state index contributed by atoms with van der Waals surface area (Å²) < 4.78 is 36.8. The summed E-state index contributed by atoms with van der Waals surface area (Å²) in [6.45, 7) is 3.00. The predicted octanol–water partition coefficient (Wildman–Crippen LogP) is 2.58. The van der Waals surface area contributed by atoms with Crippen molar-refractivity contribution in [3.8, 4) is 0 Å². The van der Waals surface area contributed by atoms with Crippen LogP contribution in [0.1, 0.15) is 36.6 Å². The van der Waals surface area contributed by atoms with Crippen molar-refractivity contribution >= 4 is 11.3 Å². The number of nitrogens with one attached hydrogen (secondary N) is 1. The number of unbranched alkanes of at least 4 members (excludes halogenated alkanes) is 1. The fourth-order valence-electron chi connectivity index (χ4n) is 1.21. The first kappa shape index (κ1) is 14.4. The molecule has 0 saturated carbocycles. The molecule has 1 aromatic heterocycles. The lowest BCUT2D eigenvalue weighted by atomic mass is 10.2. The van der Waals surface area contributed by atoms with Gasteiger partial charge < -0.3 is 10.4 Å². The van der Waals surface area contributed by atoms with Crippen LogP contribution >= 0.6 is 11.3 Å². The van der Waals surface area contributed by atoms with Gasteiger partial charge >= 0.3 is 6.18 Å². The molecule has 3 nitrogen and oxygen atoms in total. The van der Waals surface area contributed by atoms with E-state index in [-0.39, 0.29) is 12.2 Å². The summed E-state index contributed by atoms with van der Waals surface area (Å²) in [6.07, 6.45) is -3.42. The fourth-order valence-corrected chi connectivity index (χ4v) is 1.95. The zero-order chi connectivity index (χ0) is 12.9. The van der Waals surface area contributed by atoms with E-state index in [1.807, 2.05) is 6.92 Å². The van der Waals surface area contributed by atoms with Gasteiger partial charge in [0.15, 0.2) is 5.01 Å². The minimum Gasteiger partial charge on any atom is -0.385 e. The number of thiazole rings is 1. The summed E-state index contributed by atoms with van der Waals surface area (Å²) in [5, 5.41) is 12.9. The van der Waals surface area contributed by atoms with Gasteiger partial charge in [-0.3, -0.25) is 0 Å². The molecule has 2 N–H and O–H groups in total. The van der Waals surface area contributed by atoms with Crippen LogP contribution in [0.4, 0.5) is 13.2 Å². The third-order valence-electron chi connectivity index (χ3n) is 2.15. The van der Waals surface area contributed by atoms with Gasteiger partial charge in [-0.25, -0.2) is 4.98 Å². The van der Waals surface area contributed by atoms with Gasteiger partial charge in [0.05, 0.1) is 5.69 Å². The van der Waals surface area contributed by atoms with Crippen molar-refractivity contribution in [2.24, 2.45) is 0 Å². The maximum atomic E-state index is 12.3. The fraction of sp³-hybridized carbons (Fsp3) is 0.700. The van der Waals surface area contributed by atoms with E-state index >= 15 is 0 Å². The van der Waals surface area contributed by atoms with Crippen LogP contribution in [0, 0.1) is 0 Å². The van der Waals surface area contributed by atoms with Crippen LogP contribution in [-0.4, -0.2) is 23.2 Å². The Balaban J connectivity index is 2.47. The lowest BCUT2D eigenvalue weighted by Gasteiger charge is -2.09. The quantitative estimate of drug-likeness (QED) is 0.779. The van der Waals surface area contributed by atoms with Gasteiger partial charge in [-0.2, -0.15) is 13.2 Å². The van der Waals surface area contributed by atoms with Crippen molar-refractivity contribution in [1.29, 1.82) is 0 Å². The van der Waals surface area contributed by atoms with Gasteiger partial charge in [0, 0.05) is 11.9 Å². The number of aliphatic hydroxyl groups is 1. The maximum Gasteiger partial charge on any atom is 0.443 e. The summed E-state index contributed by atoms with van der Waals surface area (Å²) in [4.78, 5) is 3.38. The molecule has 1 heterocycles. The van der Waals surface area contributed by atoms with E-state index in [2.05, 4.69) is 10.3 Å². The normalized spacial score (nSPS) is 13.9. The van der Waals surface area contributed by atoms with Crippen molar-refractivity contribution in [2.75, 3.05) is 13.1 Å². The summed E-state index contributed by atoms with van der Waals surface area (Å²) in [5.41, 5.74) is 0.0753. The van der Waals surface area contributed by atoms with Crippen LogP contribution in [0.3, 0.4) is 0 Å². The second-order valence-corrected chi connectivity index (χ2v) is 4.51. The summed E-state index contributed by atoms with van der Waals surface area (Å²) in [5.74, 6) is 0. The Morgan fingerprint density at radius 2 is 2.24 bits per heavy atom. The van der Waals surface area contributed by atoms with E-state index in [1.54, 1.807) is 0 Å². The minimum atomic E-state index is -4.43. The van der Waals surface area contributed by atoms with E-state index in [4.69, 9.17) is 0 Å². The van der Waals surface area contributed by atoms with Crippen molar-refractivity contribution in [1.82, 2.24) is 10.3 Å². The third kappa shape index (κ3) is 4.61. The highest BCUT2D eigenvalue weighted by atomic mass is 32.1. The number of aliphatic hydroxyl groups excluding tert-OH is 1. The summed E-state index contributed by atoms with van der Waals surface area (Å²) in [7, 11) is 0. The molecule has 1 unspecified atom stereocenters. The predicted molar refractivity (Wildman–Crippen MR) is 59.9 cm³/mol. The van der Waals surface area contributed by atoms with Gasteiger partial charge in [-0.1, -0.05) is 13.3 Å². The molecule has 0 aliphatic rings. The molecule has 0 bridgehead atoms. The van der Waals surface area contributed by atoms with Gasteiger partial charge in [-0.05, 0) is 13.0 Å². The average molecular weight is 268 g/mol. The van der Waals surface area contributed by atoms with E-state index in [1.165, 1.54) is 5.38 Å². The molecular weight excluding hydrogens is 253 g/mol. The van der Waals surface area contributed by atoms with Gasteiger partial charge in [0.1, 0.15) is 6.10 Å². The first-order valence-corrected chi connectivity index (χ1v) is 6.24. The molecule has 17 heavy (non-hydrogen) atoms. The van der Waals surface area contributed by atoms with Gasteiger partial charge in [-0.15, -0.1) is 11.3 Å². The standard InChI is InChI=1S/C10H15F3N2OS/c1-2-3-4-14-5-8(16)7-6-17-9(15-7)10(11,12)13/h6,8,14,16H,2-5H2,1H3. The molecule has 1 aromatic rings. The number of alkyl halides is 3. The SMILES string of the molecule is CCCCNCC(O)c1csc(C(F)(F)F)n1. The highest BCUT2D eigenvalue weighted by Crippen LogP contribution is 2.32. The molecule has 0 fully saturated rings. The zero-order valence-corrected chi connectivity index (χ0v) is 10.2. The van der Waals surface area contributed by atoms with Crippen molar-refractivity contribution in [3.05, 3.63) is 16.1 Å². The molecule has 1 rings (SSSR count). The molecule has 1 atom stereocenters. The molecule has 0 radical (unpaired) electrons. The van der Waals surface area contributed by atoms with Crippen LogP contribution < -0.4 is 5.32 Å². The van der Waals surface area contributed by atoms with Crippen LogP contribution in [-0.2, 0) is 6.18 Å². The largest absolute Gasteiger partial charge is 0.443 e. The van der Waals surface area contributed by atoms with E-state index in [9.17, 15) is 18.3 Å². The Kier molecular flexibility index (Phi) is 5.35. The Labute approximate surface area is 102 Å². The molecule has 0 amide bonds. The zero-order valence-electron chi connectivity index (χ0n) is 9.42. The molecule has 0 saturated heterocycles. The highest BCUT2D eigenvalue weighted by Gasteiger charge is 2.35. The molecule has 0 aromatic carbocycles. The molecular formula is C10H15F3N2OS. The number of hydrogen-bond donors (Lipinski definition) is 2. The summed E-state index contributed by atoms with van der Waals surface area (Å²) >= 11 is 0.505. The number of halogens is 3. The summed E-state index contributed by atoms with van der Waals surface area (Å²) in [6, 6.07) is 0. The topological polar surface area (TPSA) is 45.1 Å². The first-order chi connectivity index (χ1) is 7.95. The first-order valence-electron chi connectivity index (χ1n) is 5.36. The Morgan fingerprint density at radius 3 is 2.76 bits per heavy atom. The maximum absolute atomic E-state index is 12.3. The van der Waals surface area contributed by atoms with Crippen molar-refractivity contribution in [3.63, 3.8) is 0 Å². The molecule has 7 heteroatoms. The van der Waals surface area contributed by atoms with Crippen molar-refractivity contribution in [2.45, 2.75) is 32.0 Å². The minimum absolute atomic E-state index is 0.0753. The lowest BCUT2D eigenvalue weighted by molar-refractivity contribution is -0.137. The number of nitrogens with zero attached hydrogens (tertiary/aromatic N) is 1. The number of aromatic nitrogens is 1. The number of rotatable bonds is 6. The number of hydrogen-bond acceptors (Lipinski definition) is 4. The van der Waals surface area contributed by atoms with Crippen LogP contribution in [0.25, 0.3) is 0 Å². The Morgan fingerprint density at radius 1 is 1.53 bits per heavy atom. The third-order valence-corrected chi connectivity index (χ3v) is 3.06. The van der Waals surface area contributed by atoms with Gasteiger partial charge in [0.2, 0.25) is 0 Å².